The largest absolute Gasteiger partial charge is 0.496 e. The molecule has 0 aliphatic heterocycles. The molecule has 2 nitrogen and oxygen atoms in total. The van der Waals surface area contributed by atoms with Crippen molar-refractivity contribution >= 4 is 11.3 Å². The Morgan fingerprint density at radius 3 is 2.91 bits per heavy atom. The zero-order chi connectivity index (χ0) is 16.2. The van der Waals surface area contributed by atoms with E-state index in [0.717, 1.165) is 31.7 Å². The molecule has 124 valence electrons. The second kappa shape index (κ2) is 7.50. The van der Waals surface area contributed by atoms with Crippen molar-refractivity contribution in [3.8, 4) is 5.75 Å². The summed E-state index contributed by atoms with van der Waals surface area (Å²) in [5, 5.41) is 2.17. The maximum absolute atomic E-state index is 5.61. The predicted molar refractivity (Wildman–Crippen MR) is 98.9 cm³/mol. The van der Waals surface area contributed by atoms with E-state index >= 15 is 0 Å². The summed E-state index contributed by atoms with van der Waals surface area (Å²) in [4.78, 5) is 3.98. The molecular formula is C20H27NOS. The van der Waals surface area contributed by atoms with Gasteiger partial charge in [-0.3, -0.25) is 0 Å². The highest BCUT2D eigenvalue weighted by atomic mass is 32.1. The molecule has 23 heavy (non-hydrogen) atoms. The third kappa shape index (κ3) is 3.78. The van der Waals surface area contributed by atoms with Crippen LogP contribution < -0.4 is 4.74 Å². The molecule has 0 fully saturated rings. The summed E-state index contributed by atoms with van der Waals surface area (Å²) in [7, 11) is 4.05. The number of aryl methyl sites for hydroxylation is 1. The van der Waals surface area contributed by atoms with E-state index < -0.39 is 0 Å². The number of thiophene rings is 1. The molecule has 0 spiro atoms. The summed E-state index contributed by atoms with van der Waals surface area (Å²) >= 11 is 1.86. The molecule has 0 N–H and O–H groups in total. The molecule has 0 saturated carbocycles. The summed E-state index contributed by atoms with van der Waals surface area (Å²) in [5.41, 5.74) is 4.44. The van der Waals surface area contributed by atoms with Gasteiger partial charge in [-0.1, -0.05) is 12.1 Å². The predicted octanol–water partition coefficient (Wildman–Crippen LogP) is 4.66. The molecular weight excluding hydrogens is 302 g/mol. The van der Waals surface area contributed by atoms with Crippen molar-refractivity contribution < 1.29 is 4.74 Å². The lowest BCUT2D eigenvalue weighted by molar-refractivity contribution is 0.299. The summed E-state index contributed by atoms with van der Waals surface area (Å²) in [5.74, 6) is 1.72. The van der Waals surface area contributed by atoms with E-state index in [-0.39, 0.29) is 0 Å². The van der Waals surface area contributed by atoms with Crippen LogP contribution >= 0.6 is 11.3 Å². The smallest absolute Gasteiger partial charge is 0.122 e. The quantitative estimate of drug-likeness (QED) is 0.764. The van der Waals surface area contributed by atoms with Crippen LogP contribution in [0.1, 0.15) is 40.3 Å². The van der Waals surface area contributed by atoms with Gasteiger partial charge < -0.3 is 9.64 Å². The van der Waals surface area contributed by atoms with Crippen molar-refractivity contribution in [3.63, 3.8) is 0 Å². The summed E-state index contributed by atoms with van der Waals surface area (Å²) < 4.78 is 5.61. The second-order valence-corrected chi connectivity index (χ2v) is 7.69. The average Bonchev–Trinajstić information content (AvgIpc) is 3.07. The Morgan fingerprint density at radius 2 is 2.17 bits per heavy atom. The lowest BCUT2D eigenvalue weighted by Gasteiger charge is -2.31. The highest BCUT2D eigenvalue weighted by Crippen LogP contribution is 2.39. The lowest BCUT2D eigenvalue weighted by atomic mass is 9.79. The van der Waals surface area contributed by atoms with Crippen LogP contribution in [-0.2, 0) is 12.8 Å². The Kier molecular flexibility index (Phi) is 5.39. The highest BCUT2D eigenvalue weighted by molar-refractivity contribution is 7.09. The summed E-state index contributed by atoms with van der Waals surface area (Å²) in [6.07, 6.45) is 4.89. The van der Waals surface area contributed by atoms with Gasteiger partial charge in [0.2, 0.25) is 0 Å². The molecule has 2 aromatic rings. The van der Waals surface area contributed by atoms with E-state index in [1.54, 1.807) is 12.7 Å². The van der Waals surface area contributed by atoms with Gasteiger partial charge in [-0.05, 0) is 79.8 Å². The van der Waals surface area contributed by atoms with Crippen LogP contribution in [0.2, 0.25) is 0 Å². The molecule has 0 radical (unpaired) electrons. The van der Waals surface area contributed by atoms with Crippen LogP contribution in [0.15, 0.2) is 29.6 Å². The van der Waals surface area contributed by atoms with Crippen LogP contribution in [0.4, 0.5) is 0 Å². The summed E-state index contributed by atoms with van der Waals surface area (Å²) in [6, 6.07) is 8.75. The third-order valence-electron chi connectivity index (χ3n) is 4.99. The van der Waals surface area contributed by atoms with Crippen molar-refractivity contribution in [3.05, 3.63) is 51.2 Å². The Bertz CT molecular complexity index is 635. The standard InChI is InChI=1S/C20H27NOS/c1-15-9-10-19(22-3)18-8-4-6-16(20(15)18)14-21(2)12-11-17-7-5-13-23-17/h5,7,9-10,13,16H,4,6,8,11-12,14H2,1-3H3. The van der Waals surface area contributed by atoms with Gasteiger partial charge in [-0.2, -0.15) is 0 Å². The Labute approximate surface area is 144 Å². The van der Waals surface area contributed by atoms with E-state index in [1.807, 2.05) is 11.3 Å². The fourth-order valence-corrected chi connectivity index (χ4v) is 4.55. The minimum atomic E-state index is 0.641. The minimum absolute atomic E-state index is 0.641. The molecule has 3 heteroatoms. The number of nitrogens with zero attached hydrogens (tertiary/aromatic N) is 1. The number of methoxy groups -OCH3 is 1. The normalized spacial score (nSPS) is 17.3. The van der Waals surface area contributed by atoms with Crippen molar-refractivity contribution in [1.29, 1.82) is 0 Å². The molecule has 1 aliphatic carbocycles. The van der Waals surface area contributed by atoms with Crippen molar-refractivity contribution in [2.45, 2.75) is 38.5 Å². The number of likely N-dealkylation sites (N-methyl/N-ethyl adjacent to an activating group) is 1. The van der Waals surface area contributed by atoms with Gasteiger partial charge in [-0.15, -0.1) is 11.3 Å². The van der Waals surface area contributed by atoms with Crippen molar-refractivity contribution in [2.24, 2.45) is 0 Å². The first-order valence-corrected chi connectivity index (χ1v) is 9.44. The number of hydrogen-bond donors (Lipinski definition) is 0. The van der Waals surface area contributed by atoms with Crippen LogP contribution in [0.3, 0.4) is 0 Å². The Balaban J connectivity index is 1.70. The zero-order valence-electron chi connectivity index (χ0n) is 14.5. The zero-order valence-corrected chi connectivity index (χ0v) is 15.3. The second-order valence-electron chi connectivity index (χ2n) is 6.66. The van der Waals surface area contributed by atoms with Crippen LogP contribution in [0.5, 0.6) is 5.75 Å². The molecule has 0 bridgehead atoms. The summed E-state index contributed by atoms with van der Waals surface area (Å²) in [6.45, 7) is 4.53. The Morgan fingerprint density at radius 1 is 1.30 bits per heavy atom. The first-order chi connectivity index (χ1) is 11.2. The van der Waals surface area contributed by atoms with Crippen LogP contribution in [0, 0.1) is 6.92 Å². The van der Waals surface area contributed by atoms with Crippen molar-refractivity contribution in [2.75, 3.05) is 27.2 Å². The maximum atomic E-state index is 5.61. The van der Waals surface area contributed by atoms with Crippen molar-refractivity contribution in [1.82, 2.24) is 4.90 Å². The number of benzene rings is 1. The average molecular weight is 330 g/mol. The van der Waals surface area contributed by atoms with Gasteiger partial charge in [0.1, 0.15) is 5.75 Å². The van der Waals surface area contributed by atoms with E-state index in [4.69, 9.17) is 4.74 Å². The molecule has 0 amide bonds. The SMILES string of the molecule is COc1ccc(C)c2c1CCCC2CN(C)CCc1cccs1. The van der Waals surface area contributed by atoms with Gasteiger partial charge in [0.25, 0.3) is 0 Å². The van der Waals surface area contributed by atoms with Crippen LogP contribution in [0.25, 0.3) is 0 Å². The topological polar surface area (TPSA) is 12.5 Å². The van der Waals surface area contributed by atoms with Gasteiger partial charge in [0.05, 0.1) is 7.11 Å². The first-order valence-electron chi connectivity index (χ1n) is 8.56. The minimum Gasteiger partial charge on any atom is -0.496 e. The number of ether oxygens (including phenoxy) is 1. The monoisotopic (exact) mass is 329 g/mol. The fourth-order valence-electron chi connectivity index (χ4n) is 3.85. The van der Waals surface area contributed by atoms with Gasteiger partial charge in [0.15, 0.2) is 0 Å². The van der Waals surface area contributed by atoms with Gasteiger partial charge in [-0.25, -0.2) is 0 Å². The van der Waals surface area contributed by atoms with E-state index in [2.05, 4.69) is 48.5 Å². The lowest BCUT2D eigenvalue weighted by Crippen LogP contribution is -2.29. The van der Waals surface area contributed by atoms with E-state index in [0.29, 0.717) is 5.92 Å². The van der Waals surface area contributed by atoms with E-state index in [1.165, 1.54) is 28.8 Å². The molecule has 0 saturated heterocycles. The fraction of sp³-hybridized carbons (Fsp3) is 0.500. The molecule has 1 aromatic heterocycles. The van der Waals surface area contributed by atoms with Crippen LogP contribution in [-0.4, -0.2) is 32.1 Å². The Hall–Kier alpha value is -1.32. The number of fused-ring (bicyclic) bond motifs is 1. The molecule has 3 rings (SSSR count). The molecule has 1 heterocycles. The third-order valence-corrected chi connectivity index (χ3v) is 5.93. The number of rotatable bonds is 6. The number of hydrogen-bond acceptors (Lipinski definition) is 3. The van der Waals surface area contributed by atoms with Gasteiger partial charge >= 0.3 is 0 Å². The molecule has 1 aromatic carbocycles. The maximum Gasteiger partial charge on any atom is 0.122 e. The molecule has 1 aliphatic rings. The highest BCUT2D eigenvalue weighted by Gasteiger charge is 2.25. The van der Waals surface area contributed by atoms with E-state index in [9.17, 15) is 0 Å². The first kappa shape index (κ1) is 16.5. The van der Waals surface area contributed by atoms with Gasteiger partial charge in [0, 0.05) is 18.0 Å². The molecule has 1 unspecified atom stereocenters. The molecule has 1 atom stereocenters.